The fourth-order valence-corrected chi connectivity index (χ4v) is 2.76. The summed E-state index contributed by atoms with van der Waals surface area (Å²) in [5.74, 6) is 1.21. The summed E-state index contributed by atoms with van der Waals surface area (Å²) in [4.78, 5) is 16.8. The van der Waals surface area contributed by atoms with Crippen LogP contribution < -0.4 is 11.1 Å². The van der Waals surface area contributed by atoms with Gasteiger partial charge in [0.05, 0.1) is 17.6 Å². The number of hydrogen-bond acceptors (Lipinski definition) is 7. The van der Waals surface area contributed by atoms with Gasteiger partial charge in [0.1, 0.15) is 47.1 Å². The molecule has 9 heteroatoms. The second-order valence-corrected chi connectivity index (χ2v) is 5.63. The Labute approximate surface area is 153 Å². The highest BCUT2D eigenvalue weighted by Gasteiger charge is 2.15. The number of nitrogens with one attached hydrogen (secondary N) is 1. The molecular formula is C18H13FN8. The van der Waals surface area contributed by atoms with Crippen LogP contribution >= 0.6 is 0 Å². The Morgan fingerprint density at radius 3 is 2.85 bits per heavy atom. The molecule has 1 aromatic carbocycles. The van der Waals surface area contributed by atoms with Gasteiger partial charge in [-0.2, -0.15) is 5.26 Å². The van der Waals surface area contributed by atoms with E-state index in [4.69, 9.17) is 5.73 Å². The SMILES string of the molecule is N#Cc1c(N)ncnc1NCc1nc2ccc(F)cc2n1-c1ccccn1. The number of imidazole rings is 1. The van der Waals surface area contributed by atoms with Crippen LogP contribution in [-0.2, 0) is 6.54 Å². The van der Waals surface area contributed by atoms with Crippen molar-refractivity contribution in [1.82, 2.24) is 24.5 Å². The van der Waals surface area contributed by atoms with E-state index in [0.717, 1.165) is 0 Å². The second kappa shape index (κ2) is 6.68. The van der Waals surface area contributed by atoms with Crippen molar-refractivity contribution in [1.29, 1.82) is 5.26 Å². The van der Waals surface area contributed by atoms with Crippen molar-refractivity contribution in [2.24, 2.45) is 0 Å². The summed E-state index contributed by atoms with van der Waals surface area (Å²) in [7, 11) is 0. The van der Waals surface area contributed by atoms with Gasteiger partial charge < -0.3 is 11.1 Å². The number of nitrogen functional groups attached to an aromatic ring is 1. The van der Waals surface area contributed by atoms with E-state index in [1.165, 1.54) is 18.5 Å². The van der Waals surface area contributed by atoms with Crippen molar-refractivity contribution in [3.63, 3.8) is 0 Å². The third-order valence-corrected chi connectivity index (χ3v) is 3.97. The zero-order valence-corrected chi connectivity index (χ0v) is 14.0. The summed E-state index contributed by atoms with van der Waals surface area (Å²) < 4.78 is 15.5. The fourth-order valence-electron chi connectivity index (χ4n) is 2.76. The average molecular weight is 360 g/mol. The number of rotatable bonds is 4. The van der Waals surface area contributed by atoms with Crippen molar-refractivity contribution < 1.29 is 4.39 Å². The van der Waals surface area contributed by atoms with Crippen molar-refractivity contribution in [3.8, 4) is 11.9 Å². The van der Waals surface area contributed by atoms with E-state index < -0.39 is 0 Å². The zero-order valence-electron chi connectivity index (χ0n) is 14.0. The highest BCUT2D eigenvalue weighted by Crippen LogP contribution is 2.23. The lowest BCUT2D eigenvalue weighted by Crippen LogP contribution is -2.11. The highest BCUT2D eigenvalue weighted by molar-refractivity contribution is 5.78. The zero-order chi connectivity index (χ0) is 18.8. The van der Waals surface area contributed by atoms with Gasteiger partial charge in [-0.1, -0.05) is 6.07 Å². The minimum Gasteiger partial charge on any atom is -0.382 e. The number of pyridine rings is 1. The molecule has 8 nitrogen and oxygen atoms in total. The van der Waals surface area contributed by atoms with Gasteiger partial charge in [0.2, 0.25) is 0 Å². The Morgan fingerprint density at radius 2 is 2.07 bits per heavy atom. The van der Waals surface area contributed by atoms with E-state index in [9.17, 15) is 9.65 Å². The first-order chi connectivity index (χ1) is 13.2. The smallest absolute Gasteiger partial charge is 0.149 e. The molecule has 4 aromatic rings. The Hall–Kier alpha value is -4.06. The summed E-state index contributed by atoms with van der Waals surface area (Å²) in [6, 6.07) is 11.8. The summed E-state index contributed by atoms with van der Waals surface area (Å²) in [6.07, 6.45) is 2.92. The highest BCUT2D eigenvalue weighted by atomic mass is 19.1. The lowest BCUT2D eigenvalue weighted by Gasteiger charge is -2.10. The molecule has 27 heavy (non-hydrogen) atoms. The van der Waals surface area contributed by atoms with Gasteiger partial charge in [-0.3, -0.25) is 4.57 Å². The van der Waals surface area contributed by atoms with Crippen molar-refractivity contribution in [2.75, 3.05) is 11.1 Å². The second-order valence-electron chi connectivity index (χ2n) is 5.63. The number of fused-ring (bicyclic) bond motifs is 1. The van der Waals surface area contributed by atoms with Gasteiger partial charge in [-0.05, 0) is 24.3 Å². The lowest BCUT2D eigenvalue weighted by atomic mass is 10.3. The molecule has 3 heterocycles. The molecule has 0 aliphatic rings. The fraction of sp³-hybridized carbons (Fsp3) is 0.0556. The Morgan fingerprint density at radius 1 is 1.19 bits per heavy atom. The van der Waals surface area contributed by atoms with E-state index >= 15 is 0 Å². The average Bonchev–Trinajstić information content (AvgIpc) is 3.04. The van der Waals surface area contributed by atoms with E-state index in [1.807, 2.05) is 12.1 Å². The van der Waals surface area contributed by atoms with E-state index in [0.29, 0.717) is 28.5 Å². The minimum absolute atomic E-state index is 0.0929. The largest absolute Gasteiger partial charge is 0.382 e. The van der Waals surface area contributed by atoms with E-state index in [1.54, 1.807) is 29.0 Å². The number of halogens is 1. The summed E-state index contributed by atoms with van der Waals surface area (Å²) >= 11 is 0. The monoisotopic (exact) mass is 360 g/mol. The molecule has 4 rings (SSSR count). The molecule has 132 valence electrons. The minimum atomic E-state index is -0.366. The van der Waals surface area contributed by atoms with Crippen LogP contribution in [0.2, 0.25) is 0 Å². The maximum Gasteiger partial charge on any atom is 0.149 e. The molecular weight excluding hydrogens is 347 g/mol. The first-order valence-electron chi connectivity index (χ1n) is 8.00. The molecule has 0 saturated heterocycles. The molecule has 0 aliphatic carbocycles. The maximum atomic E-state index is 13.8. The van der Waals surface area contributed by atoms with Gasteiger partial charge in [0, 0.05) is 12.3 Å². The van der Waals surface area contributed by atoms with Gasteiger partial charge in [0.25, 0.3) is 0 Å². The number of aromatic nitrogens is 5. The lowest BCUT2D eigenvalue weighted by molar-refractivity contribution is 0.629. The molecule has 0 unspecified atom stereocenters. The molecule has 3 N–H and O–H groups in total. The standard InChI is InChI=1S/C18H13FN8/c19-11-4-5-13-14(7-11)27(15-3-1-2-6-22-15)16(26-13)9-23-18-12(8-20)17(21)24-10-25-18/h1-7,10H,9H2,(H3,21,23,24,25). The molecule has 3 aromatic heterocycles. The molecule has 0 saturated carbocycles. The Balaban J connectivity index is 1.79. The maximum absolute atomic E-state index is 13.8. The number of hydrogen-bond donors (Lipinski definition) is 2. The molecule has 0 atom stereocenters. The van der Waals surface area contributed by atoms with Gasteiger partial charge >= 0.3 is 0 Å². The molecule has 0 spiro atoms. The summed E-state index contributed by atoms with van der Waals surface area (Å²) in [5.41, 5.74) is 7.09. The third kappa shape index (κ3) is 3.00. The predicted molar refractivity (Wildman–Crippen MR) is 97.3 cm³/mol. The van der Waals surface area contributed by atoms with Crippen LogP contribution in [0.15, 0.2) is 48.9 Å². The molecule has 0 fully saturated rings. The van der Waals surface area contributed by atoms with Gasteiger partial charge in [-0.25, -0.2) is 24.3 Å². The van der Waals surface area contributed by atoms with Crippen molar-refractivity contribution in [3.05, 3.63) is 66.1 Å². The first kappa shape index (κ1) is 16.4. The molecule has 0 aliphatic heterocycles. The third-order valence-electron chi connectivity index (χ3n) is 3.97. The van der Waals surface area contributed by atoms with Gasteiger partial charge in [-0.15, -0.1) is 0 Å². The molecule has 0 radical (unpaired) electrons. The number of nitrogens with two attached hydrogens (primary N) is 1. The van der Waals surface area contributed by atoms with E-state index in [2.05, 4.69) is 25.3 Å². The van der Waals surface area contributed by atoms with Crippen LogP contribution in [0.4, 0.5) is 16.0 Å². The normalized spacial score (nSPS) is 10.7. The summed E-state index contributed by atoms with van der Waals surface area (Å²) in [6.45, 7) is 0.220. The number of anilines is 2. The Bertz CT molecular complexity index is 1160. The van der Waals surface area contributed by atoms with Crippen molar-refractivity contribution in [2.45, 2.75) is 6.54 Å². The quantitative estimate of drug-likeness (QED) is 0.573. The number of nitrogens with zero attached hydrogens (tertiary/aromatic N) is 6. The molecule has 0 amide bonds. The van der Waals surface area contributed by atoms with Crippen LogP contribution in [0.5, 0.6) is 0 Å². The topological polar surface area (TPSA) is 118 Å². The van der Waals surface area contributed by atoms with E-state index in [-0.39, 0.29) is 23.7 Å². The Kier molecular flexibility index (Phi) is 4.06. The van der Waals surface area contributed by atoms with Crippen LogP contribution in [0.1, 0.15) is 11.4 Å². The van der Waals surface area contributed by atoms with Crippen LogP contribution in [0, 0.1) is 17.1 Å². The predicted octanol–water partition coefficient (Wildman–Crippen LogP) is 2.42. The number of nitriles is 1. The summed E-state index contributed by atoms with van der Waals surface area (Å²) in [5, 5.41) is 12.3. The van der Waals surface area contributed by atoms with Crippen LogP contribution in [0.25, 0.3) is 16.9 Å². The van der Waals surface area contributed by atoms with Crippen molar-refractivity contribution >= 4 is 22.7 Å². The van der Waals surface area contributed by atoms with Crippen LogP contribution in [0.3, 0.4) is 0 Å². The first-order valence-corrected chi connectivity index (χ1v) is 8.00. The molecule has 0 bridgehead atoms. The number of benzene rings is 1. The van der Waals surface area contributed by atoms with Gasteiger partial charge in [0.15, 0.2) is 0 Å². The van der Waals surface area contributed by atoms with Crippen LogP contribution in [-0.4, -0.2) is 24.5 Å².